The van der Waals surface area contributed by atoms with Gasteiger partial charge in [0.25, 0.3) is 11.1 Å². The second kappa shape index (κ2) is 11.6. The molecule has 3 rings (SSSR count). The first-order valence-electron chi connectivity index (χ1n) is 11.2. The van der Waals surface area contributed by atoms with E-state index in [0.717, 1.165) is 21.4 Å². The van der Waals surface area contributed by atoms with Crippen molar-refractivity contribution in [3.8, 4) is 5.75 Å². The molecule has 0 atom stereocenters. The van der Waals surface area contributed by atoms with Crippen LogP contribution in [0.4, 0.5) is 4.39 Å². The Morgan fingerprint density at radius 3 is 2.44 bits per heavy atom. The predicted molar refractivity (Wildman–Crippen MR) is 143 cm³/mol. The van der Waals surface area contributed by atoms with E-state index >= 15 is 0 Å². The fraction of sp³-hybridized carbons (Fsp3) is 0.240. The molecule has 0 aromatic carbocycles. The summed E-state index contributed by atoms with van der Waals surface area (Å²) in [5.74, 6) is -4.84. The van der Waals surface area contributed by atoms with E-state index in [-0.39, 0.29) is 22.2 Å². The molecule has 0 bridgehead atoms. The fourth-order valence-electron chi connectivity index (χ4n) is 3.30. The smallest absolute Gasteiger partial charge is 0.372 e. The maximum atomic E-state index is 14.2. The average molecular weight is 580 g/mol. The summed E-state index contributed by atoms with van der Waals surface area (Å²) in [7, 11) is 0. The average Bonchev–Trinajstić information content (AvgIpc) is 2.83. The van der Waals surface area contributed by atoms with Crippen LogP contribution in [0.5, 0.6) is 5.75 Å². The number of rotatable bonds is 7. The molecular weight excluding hydrogens is 556 g/mol. The molecule has 0 spiro atoms. The second-order valence-corrected chi connectivity index (χ2v) is 9.44. The molecule has 3 N–H and O–H groups in total. The fourth-order valence-corrected chi connectivity index (χ4v) is 3.63. The topological polar surface area (TPSA) is 152 Å². The van der Waals surface area contributed by atoms with Crippen LogP contribution >= 0.6 is 23.2 Å². The van der Waals surface area contributed by atoms with Gasteiger partial charge in [-0.2, -0.15) is 0 Å². The zero-order chi connectivity index (χ0) is 29.1. The monoisotopic (exact) mass is 579 g/mol. The summed E-state index contributed by atoms with van der Waals surface area (Å²) < 4.78 is 21.5. The molecule has 0 radical (unpaired) electrons. The Hall–Kier alpha value is -3.68. The zero-order valence-electron chi connectivity index (χ0n) is 21.1. The Bertz CT molecular complexity index is 1610. The third kappa shape index (κ3) is 6.67. The van der Waals surface area contributed by atoms with E-state index in [9.17, 15) is 29.3 Å². The summed E-state index contributed by atoms with van der Waals surface area (Å²) in [4.78, 5) is 37.7. The highest BCUT2D eigenvalue weighted by atomic mass is 35.5. The minimum Gasteiger partial charge on any atom is -0.433 e. The van der Waals surface area contributed by atoms with Crippen LogP contribution < -0.4 is 15.9 Å². The maximum Gasteiger partial charge on any atom is 0.372 e. The molecule has 0 saturated heterocycles. The van der Waals surface area contributed by atoms with Crippen molar-refractivity contribution in [2.75, 3.05) is 0 Å². The molecule has 14 heteroatoms. The molecule has 3 aromatic rings. The number of nitrogens with zero attached hydrogens (tertiary/aromatic N) is 5. The molecule has 0 aliphatic carbocycles. The van der Waals surface area contributed by atoms with E-state index in [1.54, 1.807) is 13.0 Å². The number of aliphatic imine (C=N–C) groups is 1. The SMILES string of the molecule is C/C=C/N=C(/C=C/n1c(C)cc(OC(O)(O)c2ncc(Cl)cc2F)c(Cl)c1=O)n1ccnc(C(C)(C)O)c1=O. The van der Waals surface area contributed by atoms with Crippen LogP contribution in [0.1, 0.15) is 37.9 Å². The lowest BCUT2D eigenvalue weighted by Gasteiger charge is -2.23. The number of halogens is 3. The minimum atomic E-state index is -3.29. The first-order valence-corrected chi connectivity index (χ1v) is 12.0. The largest absolute Gasteiger partial charge is 0.433 e. The van der Waals surface area contributed by atoms with Crippen molar-refractivity contribution in [2.24, 2.45) is 4.99 Å². The lowest BCUT2D eigenvalue weighted by Crippen LogP contribution is -2.36. The second-order valence-electron chi connectivity index (χ2n) is 8.63. The van der Waals surface area contributed by atoms with Crippen molar-refractivity contribution < 1.29 is 24.4 Å². The normalized spacial score (nSPS) is 13.0. The number of allylic oxidation sites excluding steroid dienone is 2. The number of hydrogen-bond donors (Lipinski definition) is 3. The number of hydrogen-bond acceptors (Lipinski definition) is 9. The van der Waals surface area contributed by atoms with Gasteiger partial charge in [0.1, 0.15) is 22.2 Å². The summed E-state index contributed by atoms with van der Waals surface area (Å²) in [6.07, 6.45) is 9.30. The van der Waals surface area contributed by atoms with Gasteiger partial charge in [0, 0.05) is 42.8 Å². The zero-order valence-corrected chi connectivity index (χ0v) is 22.6. The van der Waals surface area contributed by atoms with Crippen LogP contribution in [0, 0.1) is 12.7 Å². The van der Waals surface area contributed by atoms with Crippen LogP contribution in [0.3, 0.4) is 0 Å². The molecule has 0 aliphatic heterocycles. The van der Waals surface area contributed by atoms with Gasteiger partial charge in [0.05, 0.1) is 5.02 Å². The van der Waals surface area contributed by atoms with Gasteiger partial charge in [-0.1, -0.05) is 29.3 Å². The highest BCUT2D eigenvalue weighted by Gasteiger charge is 2.35. The summed E-state index contributed by atoms with van der Waals surface area (Å²) in [5.41, 5.74) is -3.80. The standard InChI is InChI=1S/C25H24Cl2FN5O6/c1-5-7-29-18(33-10-8-30-21(23(33)35)24(3,4)36)6-9-32-14(2)11-17(19(27)22(32)34)39-25(37,38)20-16(28)12-15(26)13-31-20/h5-13,36-38H,1-4H3/b7-5+,9-6+,29-18-. The lowest BCUT2D eigenvalue weighted by atomic mass is 10.1. The van der Waals surface area contributed by atoms with Crippen molar-refractivity contribution in [1.82, 2.24) is 19.1 Å². The van der Waals surface area contributed by atoms with Gasteiger partial charge in [0.2, 0.25) is 0 Å². The van der Waals surface area contributed by atoms with Crippen molar-refractivity contribution in [3.05, 3.63) is 103 Å². The highest BCUT2D eigenvalue weighted by molar-refractivity contribution is 6.32. The molecule has 0 saturated carbocycles. The molecule has 3 aromatic heterocycles. The van der Waals surface area contributed by atoms with Gasteiger partial charge in [-0.05, 0) is 39.8 Å². The maximum absolute atomic E-state index is 14.2. The van der Waals surface area contributed by atoms with Crippen molar-refractivity contribution >= 4 is 35.2 Å². The number of pyridine rings is 2. The Morgan fingerprint density at radius 1 is 1.13 bits per heavy atom. The lowest BCUT2D eigenvalue weighted by molar-refractivity contribution is -0.308. The number of aromatic nitrogens is 4. The van der Waals surface area contributed by atoms with E-state index in [4.69, 9.17) is 27.9 Å². The van der Waals surface area contributed by atoms with Gasteiger partial charge < -0.3 is 20.1 Å². The van der Waals surface area contributed by atoms with E-state index in [1.807, 2.05) is 0 Å². The predicted octanol–water partition coefficient (Wildman–Crippen LogP) is 2.91. The molecule has 0 unspecified atom stereocenters. The minimum absolute atomic E-state index is 0.0720. The molecule has 0 fully saturated rings. The molecule has 39 heavy (non-hydrogen) atoms. The van der Waals surface area contributed by atoms with E-state index in [0.29, 0.717) is 0 Å². The first-order chi connectivity index (χ1) is 18.2. The number of ether oxygens (including phenoxy) is 1. The Morgan fingerprint density at radius 2 is 1.82 bits per heavy atom. The molecule has 11 nitrogen and oxygen atoms in total. The van der Waals surface area contributed by atoms with Gasteiger partial charge in [0.15, 0.2) is 17.3 Å². The summed E-state index contributed by atoms with van der Waals surface area (Å²) in [6.45, 7) is 6.03. The molecular formula is C25H24Cl2FN5O6. The van der Waals surface area contributed by atoms with Crippen LogP contribution in [0.2, 0.25) is 10.0 Å². The van der Waals surface area contributed by atoms with Crippen LogP contribution in [-0.4, -0.2) is 40.3 Å². The Labute approximate surface area is 231 Å². The summed E-state index contributed by atoms with van der Waals surface area (Å²) in [6, 6.07) is 2.01. The van der Waals surface area contributed by atoms with Gasteiger partial charge in [-0.15, -0.1) is 0 Å². The van der Waals surface area contributed by atoms with Crippen LogP contribution in [0.25, 0.3) is 6.20 Å². The van der Waals surface area contributed by atoms with Gasteiger partial charge >= 0.3 is 5.97 Å². The molecule has 0 aliphatic rings. The van der Waals surface area contributed by atoms with Gasteiger partial charge in [-0.3, -0.25) is 23.7 Å². The number of aliphatic hydroxyl groups is 3. The number of aryl methyl sites for hydroxylation is 1. The van der Waals surface area contributed by atoms with E-state index < -0.39 is 45.0 Å². The third-order valence-electron chi connectivity index (χ3n) is 5.11. The molecule has 206 valence electrons. The first kappa shape index (κ1) is 29.9. The van der Waals surface area contributed by atoms with Crippen molar-refractivity contribution in [1.29, 1.82) is 0 Å². The third-order valence-corrected chi connectivity index (χ3v) is 5.66. The van der Waals surface area contributed by atoms with Gasteiger partial charge in [-0.25, -0.2) is 14.4 Å². The highest BCUT2D eigenvalue weighted by Crippen LogP contribution is 2.30. The van der Waals surface area contributed by atoms with Crippen LogP contribution in [0.15, 0.2) is 63.7 Å². The van der Waals surface area contributed by atoms with E-state index in [1.165, 1.54) is 57.7 Å². The Kier molecular flexibility index (Phi) is 8.88. The Balaban J connectivity index is 2.04. The van der Waals surface area contributed by atoms with Crippen molar-refractivity contribution in [2.45, 2.75) is 39.3 Å². The molecule has 3 heterocycles. The quantitative estimate of drug-likeness (QED) is 0.219. The van der Waals surface area contributed by atoms with E-state index in [2.05, 4.69) is 15.0 Å². The molecule has 0 amide bonds. The van der Waals surface area contributed by atoms with Crippen LogP contribution in [-0.2, 0) is 11.6 Å². The van der Waals surface area contributed by atoms with Crippen molar-refractivity contribution in [3.63, 3.8) is 0 Å². The summed E-state index contributed by atoms with van der Waals surface area (Å²) >= 11 is 11.8. The summed E-state index contributed by atoms with van der Waals surface area (Å²) in [5, 5.41) is 30.2.